The molecule has 1 aromatic carbocycles. The van der Waals surface area contributed by atoms with E-state index in [0.717, 1.165) is 49.8 Å². The second-order valence-corrected chi connectivity index (χ2v) is 9.02. The zero-order valence-electron chi connectivity index (χ0n) is 20.7. The third-order valence-corrected chi connectivity index (χ3v) is 6.90. The summed E-state index contributed by atoms with van der Waals surface area (Å²) in [5.41, 5.74) is 1.40. The van der Waals surface area contributed by atoms with Gasteiger partial charge in [0, 0.05) is 30.7 Å². The number of hydrogen-bond donors (Lipinski definition) is 1. The van der Waals surface area contributed by atoms with Crippen molar-refractivity contribution in [3.8, 4) is 11.5 Å². The van der Waals surface area contributed by atoms with Crippen LogP contribution in [0.5, 0.6) is 11.5 Å². The summed E-state index contributed by atoms with van der Waals surface area (Å²) in [7, 11) is 3.21. The largest absolute Gasteiger partial charge is 0.496 e. The van der Waals surface area contributed by atoms with Gasteiger partial charge in [-0.25, -0.2) is 0 Å². The first-order chi connectivity index (χ1) is 16.5. The number of ether oxygens (including phenoxy) is 2. The van der Waals surface area contributed by atoms with Gasteiger partial charge in [-0.2, -0.15) is 0 Å². The Bertz CT molecular complexity index is 1220. The van der Waals surface area contributed by atoms with Crippen molar-refractivity contribution in [3.05, 3.63) is 40.4 Å². The molecule has 0 saturated carbocycles. The van der Waals surface area contributed by atoms with Crippen LogP contribution in [0.4, 0.5) is 0 Å². The maximum Gasteiger partial charge on any atom is 0.275 e. The Balaban J connectivity index is 1.88. The number of hydrogen-bond acceptors (Lipinski definition) is 5. The van der Waals surface area contributed by atoms with E-state index in [1.165, 1.54) is 12.8 Å². The summed E-state index contributed by atoms with van der Waals surface area (Å²) < 4.78 is 14.6. The van der Waals surface area contributed by atoms with Gasteiger partial charge >= 0.3 is 0 Å². The lowest BCUT2D eigenvalue weighted by Gasteiger charge is -2.21. The lowest BCUT2D eigenvalue weighted by Crippen LogP contribution is -2.40. The van der Waals surface area contributed by atoms with Crippen LogP contribution in [0, 0.1) is 0 Å². The predicted molar refractivity (Wildman–Crippen MR) is 134 cm³/mol. The first kappa shape index (κ1) is 24.1. The second-order valence-electron chi connectivity index (χ2n) is 9.02. The van der Waals surface area contributed by atoms with Crippen LogP contribution in [0.2, 0.25) is 0 Å². The number of rotatable bonds is 10. The van der Waals surface area contributed by atoms with Gasteiger partial charge in [0.1, 0.15) is 22.7 Å². The molecule has 1 atom stereocenters. The molecule has 0 spiro atoms. The van der Waals surface area contributed by atoms with Crippen LogP contribution in [-0.2, 0) is 6.54 Å². The van der Waals surface area contributed by atoms with Gasteiger partial charge in [0.15, 0.2) is 0 Å². The Morgan fingerprint density at radius 1 is 1.09 bits per heavy atom. The molecule has 1 aliphatic rings. The highest BCUT2D eigenvalue weighted by atomic mass is 16.5. The van der Waals surface area contributed by atoms with E-state index in [-0.39, 0.29) is 17.5 Å². The monoisotopic (exact) mass is 468 g/mol. The van der Waals surface area contributed by atoms with E-state index in [2.05, 4.69) is 24.1 Å². The minimum atomic E-state index is -0.218. The number of fused-ring (bicyclic) bond motifs is 3. The molecule has 1 aliphatic heterocycles. The summed E-state index contributed by atoms with van der Waals surface area (Å²) in [4.78, 5) is 29.6. The van der Waals surface area contributed by atoms with Crippen molar-refractivity contribution in [2.45, 2.75) is 58.5 Å². The molecule has 1 fully saturated rings. The molecule has 1 N–H and O–H groups in total. The van der Waals surface area contributed by atoms with Gasteiger partial charge in [-0.15, -0.1) is 0 Å². The van der Waals surface area contributed by atoms with Gasteiger partial charge in [0.25, 0.3) is 11.5 Å². The predicted octanol–water partition coefficient (Wildman–Crippen LogP) is 3.68. The van der Waals surface area contributed by atoms with Gasteiger partial charge in [-0.3, -0.25) is 14.2 Å². The fraction of sp³-hybridized carbons (Fsp3) is 0.538. The highest BCUT2D eigenvalue weighted by Crippen LogP contribution is 2.35. The quantitative estimate of drug-likeness (QED) is 0.491. The van der Waals surface area contributed by atoms with Crippen molar-refractivity contribution in [3.63, 3.8) is 0 Å². The van der Waals surface area contributed by atoms with Crippen LogP contribution in [0.15, 0.2) is 29.2 Å². The van der Waals surface area contributed by atoms with E-state index in [1.54, 1.807) is 29.4 Å². The number of likely N-dealkylation sites (tertiary alicyclic amines) is 1. The van der Waals surface area contributed by atoms with Gasteiger partial charge < -0.3 is 24.1 Å². The van der Waals surface area contributed by atoms with Crippen LogP contribution >= 0.6 is 0 Å². The zero-order chi connectivity index (χ0) is 24.2. The van der Waals surface area contributed by atoms with Gasteiger partial charge in [0.05, 0.1) is 19.7 Å². The molecule has 1 unspecified atom stereocenters. The Labute approximate surface area is 200 Å². The summed E-state index contributed by atoms with van der Waals surface area (Å²) in [6.07, 6.45) is 6.87. The summed E-state index contributed by atoms with van der Waals surface area (Å²) in [5.74, 6) is 1.06. The second kappa shape index (κ2) is 10.5. The average molecular weight is 469 g/mol. The first-order valence-electron chi connectivity index (χ1n) is 12.3. The number of aromatic nitrogens is 2. The Morgan fingerprint density at radius 2 is 1.79 bits per heavy atom. The smallest absolute Gasteiger partial charge is 0.275 e. The highest BCUT2D eigenvalue weighted by molar-refractivity contribution is 5.98. The molecule has 4 rings (SSSR count). The Morgan fingerprint density at radius 3 is 2.44 bits per heavy atom. The van der Waals surface area contributed by atoms with E-state index < -0.39 is 0 Å². The van der Waals surface area contributed by atoms with Gasteiger partial charge in [-0.05, 0) is 57.0 Å². The van der Waals surface area contributed by atoms with Crippen LogP contribution in [0.25, 0.3) is 16.4 Å². The van der Waals surface area contributed by atoms with Crippen molar-refractivity contribution >= 4 is 22.3 Å². The number of methoxy groups -OCH3 is 2. The SMILES string of the molecule is CCCC(CC)NC(=O)c1cn2c(cc3c(OC)ccc(OC)c32)c(=O)n1CCN1CCCC1. The molecule has 34 heavy (non-hydrogen) atoms. The molecule has 0 radical (unpaired) electrons. The van der Waals surface area contributed by atoms with Crippen LogP contribution in [-0.4, -0.2) is 59.7 Å². The van der Waals surface area contributed by atoms with E-state index in [4.69, 9.17) is 9.47 Å². The van der Waals surface area contributed by atoms with Crippen LogP contribution in [0.3, 0.4) is 0 Å². The standard InChI is InChI=1S/C26H36N4O4/c1-5-9-18(6-2)27-25(31)21-17-30-20(26(32)29(21)15-14-28-12-7-8-13-28)16-19-22(33-3)10-11-23(34-4)24(19)30/h10-11,16-18H,5-9,12-15H2,1-4H3,(H,27,31). The molecule has 1 saturated heterocycles. The molecule has 3 aromatic rings. The van der Waals surface area contributed by atoms with Crippen LogP contribution in [0.1, 0.15) is 56.4 Å². The minimum Gasteiger partial charge on any atom is -0.496 e. The molecule has 184 valence electrons. The van der Waals surface area contributed by atoms with Crippen molar-refractivity contribution in [2.24, 2.45) is 0 Å². The van der Waals surface area contributed by atoms with Gasteiger partial charge in [0.2, 0.25) is 0 Å². The van der Waals surface area contributed by atoms with Crippen molar-refractivity contribution in [1.29, 1.82) is 0 Å². The fourth-order valence-electron chi connectivity index (χ4n) is 5.00. The summed E-state index contributed by atoms with van der Waals surface area (Å²) >= 11 is 0. The van der Waals surface area contributed by atoms with E-state index >= 15 is 0 Å². The maximum atomic E-state index is 13.8. The number of carbonyl (C=O) groups excluding carboxylic acids is 1. The third-order valence-electron chi connectivity index (χ3n) is 6.90. The molecule has 1 amide bonds. The molecule has 0 aliphatic carbocycles. The molecule has 2 aromatic heterocycles. The van der Waals surface area contributed by atoms with E-state index in [9.17, 15) is 9.59 Å². The number of carbonyl (C=O) groups is 1. The van der Waals surface area contributed by atoms with E-state index in [1.807, 2.05) is 18.2 Å². The molecule has 3 heterocycles. The molecule has 0 bridgehead atoms. The number of nitrogens with one attached hydrogen (secondary N) is 1. The van der Waals surface area contributed by atoms with Crippen molar-refractivity contribution in [1.82, 2.24) is 19.2 Å². The minimum absolute atomic E-state index is 0.0753. The summed E-state index contributed by atoms with van der Waals surface area (Å²) in [5, 5.41) is 3.93. The Kier molecular flexibility index (Phi) is 7.46. The highest BCUT2D eigenvalue weighted by Gasteiger charge is 2.23. The Hall–Kier alpha value is -3.00. The molecular formula is C26H36N4O4. The molecule has 8 heteroatoms. The maximum absolute atomic E-state index is 13.8. The van der Waals surface area contributed by atoms with Crippen LogP contribution < -0.4 is 20.3 Å². The lowest BCUT2D eigenvalue weighted by atomic mass is 10.1. The first-order valence-corrected chi connectivity index (χ1v) is 12.3. The fourth-order valence-corrected chi connectivity index (χ4v) is 5.00. The molecular weight excluding hydrogens is 432 g/mol. The van der Waals surface area contributed by atoms with E-state index in [0.29, 0.717) is 29.3 Å². The van der Waals surface area contributed by atoms with Gasteiger partial charge in [-0.1, -0.05) is 20.3 Å². The lowest BCUT2D eigenvalue weighted by molar-refractivity contribution is 0.0921. The average Bonchev–Trinajstić information content (AvgIpc) is 3.50. The summed E-state index contributed by atoms with van der Waals surface area (Å²) in [6, 6.07) is 5.56. The number of amides is 1. The normalized spacial score (nSPS) is 15.2. The van der Waals surface area contributed by atoms with Crippen molar-refractivity contribution in [2.75, 3.05) is 33.9 Å². The number of benzene rings is 1. The third kappa shape index (κ3) is 4.51. The van der Waals surface area contributed by atoms with Crippen molar-refractivity contribution < 1.29 is 14.3 Å². The molecule has 8 nitrogen and oxygen atoms in total. The topological polar surface area (TPSA) is 77.2 Å². The number of nitrogens with zero attached hydrogens (tertiary/aromatic N) is 3. The zero-order valence-corrected chi connectivity index (χ0v) is 20.7. The summed E-state index contributed by atoms with van der Waals surface area (Å²) in [6.45, 7) is 7.47.